The molecule has 0 saturated heterocycles. The minimum Gasteiger partial charge on any atom is -0.298 e. The average molecular weight is 132 g/mol. The third-order valence-corrected chi connectivity index (χ3v) is 1.24. The Labute approximate surface area is 60.1 Å². The van der Waals surface area contributed by atoms with E-state index in [-0.39, 0.29) is 0 Å². The van der Waals surface area contributed by atoms with Crippen molar-refractivity contribution < 1.29 is 4.79 Å². The Morgan fingerprint density at radius 3 is 2.90 bits per heavy atom. The first-order chi connectivity index (χ1) is 4.83. The van der Waals surface area contributed by atoms with Crippen molar-refractivity contribution in [2.45, 2.75) is 6.92 Å². The molecule has 1 aliphatic carbocycles. The molecule has 0 aromatic heterocycles. The fraction of sp³-hybridized carbons (Fsp3) is 0.111. The van der Waals surface area contributed by atoms with Crippen LogP contribution in [0.4, 0.5) is 0 Å². The summed E-state index contributed by atoms with van der Waals surface area (Å²) >= 11 is 0. The van der Waals surface area contributed by atoms with Gasteiger partial charge in [-0.05, 0) is 24.6 Å². The summed E-state index contributed by atoms with van der Waals surface area (Å²) in [5.41, 5.74) is 4.65. The van der Waals surface area contributed by atoms with Crippen LogP contribution in [0.2, 0.25) is 0 Å². The molecule has 0 saturated carbocycles. The molecule has 0 amide bonds. The van der Waals surface area contributed by atoms with Crippen LogP contribution >= 0.6 is 0 Å². The molecule has 0 aliphatic heterocycles. The second kappa shape index (κ2) is 3.00. The number of hydrogen-bond acceptors (Lipinski definition) is 1. The SMILES string of the molecule is CC1=CC=C(C=O)C=C=C1. The van der Waals surface area contributed by atoms with Crippen LogP contribution in [0.25, 0.3) is 0 Å². The molecule has 0 heterocycles. The number of rotatable bonds is 1. The summed E-state index contributed by atoms with van der Waals surface area (Å²) in [6, 6.07) is 0. The van der Waals surface area contributed by atoms with Gasteiger partial charge in [0.2, 0.25) is 0 Å². The first-order valence-corrected chi connectivity index (χ1v) is 3.09. The molecule has 0 aromatic rings. The van der Waals surface area contributed by atoms with Gasteiger partial charge >= 0.3 is 0 Å². The van der Waals surface area contributed by atoms with E-state index < -0.39 is 0 Å². The lowest BCUT2D eigenvalue weighted by atomic mass is 10.2. The van der Waals surface area contributed by atoms with E-state index in [2.05, 4.69) is 5.73 Å². The third kappa shape index (κ3) is 1.57. The molecule has 0 bridgehead atoms. The van der Waals surface area contributed by atoms with Crippen LogP contribution < -0.4 is 0 Å². The lowest BCUT2D eigenvalue weighted by Crippen LogP contribution is -1.74. The van der Waals surface area contributed by atoms with Crippen molar-refractivity contribution in [3.63, 3.8) is 0 Å². The van der Waals surface area contributed by atoms with Gasteiger partial charge in [0.25, 0.3) is 0 Å². The molecule has 1 rings (SSSR count). The highest BCUT2D eigenvalue weighted by Crippen LogP contribution is 2.02. The van der Waals surface area contributed by atoms with E-state index in [9.17, 15) is 4.79 Å². The van der Waals surface area contributed by atoms with Crippen molar-refractivity contribution in [3.8, 4) is 0 Å². The Bertz CT molecular complexity index is 260. The first-order valence-electron chi connectivity index (χ1n) is 3.09. The van der Waals surface area contributed by atoms with Crippen LogP contribution in [-0.2, 0) is 4.79 Å². The summed E-state index contributed by atoms with van der Waals surface area (Å²) in [4.78, 5) is 10.2. The van der Waals surface area contributed by atoms with E-state index in [0.29, 0.717) is 5.57 Å². The van der Waals surface area contributed by atoms with Gasteiger partial charge in [0, 0.05) is 5.57 Å². The van der Waals surface area contributed by atoms with E-state index in [1.165, 1.54) is 0 Å². The van der Waals surface area contributed by atoms with E-state index in [1.54, 1.807) is 12.2 Å². The van der Waals surface area contributed by atoms with Gasteiger partial charge in [-0.3, -0.25) is 4.79 Å². The lowest BCUT2D eigenvalue weighted by Gasteiger charge is -1.81. The minimum absolute atomic E-state index is 0.660. The zero-order valence-corrected chi connectivity index (χ0v) is 5.79. The molecule has 0 radical (unpaired) electrons. The van der Waals surface area contributed by atoms with E-state index in [0.717, 1.165) is 11.9 Å². The van der Waals surface area contributed by atoms with Crippen molar-refractivity contribution in [3.05, 3.63) is 41.2 Å². The second-order valence-electron chi connectivity index (χ2n) is 2.15. The normalized spacial score (nSPS) is 15.7. The quantitative estimate of drug-likeness (QED) is 0.392. The predicted octanol–water partition coefficient (Wildman–Crippen LogP) is 1.78. The molecule has 0 spiro atoms. The monoisotopic (exact) mass is 132 g/mol. The zero-order chi connectivity index (χ0) is 7.40. The molecule has 0 aromatic carbocycles. The molecule has 1 aliphatic rings. The number of aldehydes is 1. The molecule has 1 nitrogen and oxygen atoms in total. The van der Waals surface area contributed by atoms with Gasteiger partial charge in [-0.15, -0.1) is 5.73 Å². The molecule has 0 unspecified atom stereocenters. The average Bonchev–Trinajstić information content (AvgIpc) is 2.14. The summed E-state index contributed by atoms with van der Waals surface area (Å²) in [6.07, 6.45) is 7.99. The number of hydrogen-bond donors (Lipinski definition) is 0. The highest BCUT2D eigenvalue weighted by Gasteiger charge is 1.88. The highest BCUT2D eigenvalue weighted by atomic mass is 16.1. The lowest BCUT2D eigenvalue weighted by molar-refractivity contribution is -0.104. The maximum Gasteiger partial charge on any atom is 0.150 e. The van der Waals surface area contributed by atoms with Crippen LogP contribution in [0.1, 0.15) is 6.92 Å². The van der Waals surface area contributed by atoms with E-state index in [1.807, 2.05) is 19.1 Å². The molecule has 0 N–H and O–H groups in total. The fourth-order valence-corrected chi connectivity index (χ4v) is 0.667. The van der Waals surface area contributed by atoms with Crippen LogP contribution in [0.5, 0.6) is 0 Å². The number of carbonyl (C=O) groups excluding carboxylic acids is 1. The Balaban J connectivity index is 3.02. The third-order valence-electron chi connectivity index (χ3n) is 1.24. The van der Waals surface area contributed by atoms with Crippen LogP contribution in [0.3, 0.4) is 0 Å². The van der Waals surface area contributed by atoms with Gasteiger partial charge in [-0.1, -0.05) is 12.2 Å². The molecule has 10 heavy (non-hydrogen) atoms. The van der Waals surface area contributed by atoms with Gasteiger partial charge in [-0.2, -0.15) is 0 Å². The van der Waals surface area contributed by atoms with Crippen LogP contribution in [-0.4, -0.2) is 6.29 Å². The van der Waals surface area contributed by atoms with Crippen molar-refractivity contribution in [1.82, 2.24) is 0 Å². The summed E-state index contributed by atoms with van der Waals surface area (Å²) in [5, 5.41) is 0. The maximum atomic E-state index is 10.2. The molecule has 0 atom stereocenters. The van der Waals surface area contributed by atoms with Crippen LogP contribution in [0, 0.1) is 0 Å². The van der Waals surface area contributed by atoms with Crippen LogP contribution in [0.15, 0.2) is 41.2 Å². The first kappa shape index (κ1) is 6.79. The van der Waals surface area contributed by atoms with E-state index in [4.69, 9.17) is 0 Å². The Morgan fingerprint density at radius 2 is 2.20 bits per heavy atom. The standard InChI is InChI=1S/C9H8O/c1-8-3-2-4-9(7-10)6-5-8/h3-7H,1H3. The fourth-order valence-electron chi connectivity index (χ4n) is 0.667. The van der Waals surface area contributed by atoms with E-state index >= 15 is 0 Å². The molecule has 50 valence electrons. The van der Waals surface area contributed by atoms with Gasteiger partial charge in [0.15, 0.2) is 6.29 Å². The topological polar surface area (TPSA) is 17.1 Å². The minimum atomic E-state index is 0.660. The molecular formula is C9H8O. The summed E-state index contributed by atoms with van der Waals surface area (Å²) in [5.74, 6) is 0. The van der Waals surface area contributed by atoms with Gasteiger partial charge in [0.05, 0.1) is 0 Å². The summed E-state index contributed by atoms with van der Waals surface area (Å²) in [6.45, 7) is 1.96. The summed E-state index contributed by atoms with van der Waals surface area (Å²) < 4.78 is 0. The van der Waals surface area contributed by atoms with Crippen molar-refractivity contribution in [2.24, 2.45) is 0 Å². The molecule has 0 fully saturated rings. The number of carbonyl (C=O) groups is 1. The highest BCUT2D eigenvalue weighted by molar-refractivity contribution is 5.78. The Kier molecular flexibility index (Phi) is 2.03. The summed E-state index contributed by atoms with van der Waals surface area (Å²) in [7, 11) is 0. The smallest absolute Gasteiger partial charge is 0.150 e. The van der Waals surface area contributed by atoms with Gasteiger partial charge in [0.1, 0.15) is 0 Å². The Morgan fingerprint density at radius 1 is 1.40 bits per heavy atom. The predicted molar refractivity (Wildman–Crippen MR) is 40.6 cm³/mol. The van der Waals surface area contributed by atoms with Crippen molar-refractivity contribution in [2.75, 3.05) is 0 Å². The van der Waals surface area contributed by atoms with Gasteiger partial charge in [-0.25, -0.2) is 0 Å². The van der Waals surface area contributed by atoms with Gasteiger partial charge < -0.3 is 0 Å². The number of allylic oxidation sites excluding steroid dienone is 5. The largest absolute Gasteiger partial charge is 0.298 e. The Hall–Kier alpha value is -1.33. The molecular weight excluding hydrogens is 124 g/mol. The second-order valence-corrected chi connectivity index (χ2v) is 2.15. The maximum absolute atomic E-state index is 10.2. The van der Waals surface area contributed by atoms with Crippen molar-refractivity contribution in [1.29, 1.82) is 0 Å². The molecule has 1 heteroatoms. The van der Waals surface area contributed by atoms with Crippen molar-refractivity contribution >= 4 is 6.29 Å². The zero-order valence-electron chi connectivity index (χ0n) is 5.79.